The summed E-state index contributed by atoms with van der Waals surface area (Å²) in [6.45, 7) is 8.13. The van der Waals surface area contributed by atoms with E-state index in [1.54, 1.807) is 16.8 Å². The minimum Gasteiger partial charge on any atom is -0.320 e. The van der Waals surface area contributed by atoms with Gasteiger partial charge >= 0.3 is 0 Å². The highest BCUT2D eigenvalue weighted by Gasteiger charge is 2.24. The summed E-state index contributed by atoms with van der Waals surface area (Å²) in [5.41, 5.74) is 4.75. The number of nitrogens with one attached hydrogen (secondary N) is 1. The summed E-state index contributed by atoms with van der Waals surface area (Å²) in [6, 6.07) is 12.5. The molecule has 1 aromatic heterocycles. The van der Waals surface area contributed by atoms with Gasteiger partial charge in [0, 0.05) is 24.8 Å². The molecule has 4 rings (SSSR count). The molecule has 0 saturated heterocycles. The summed E-state index contributed by atoms with van der Waals surface area (Å²) in [7, 11) is 0. The molecule has 7 heteroatoms. The molecule has 2 heterocycles. The SMILES string of the molecule is Cc1c(C(=O)Nc2cccc(F)c2)nnn1-c1cccc2c1CCN(C(C)C)C2. The number of carbonyl (C=O) groups excluding carboxylic acids is 1. The van der Waals surface area contributed by atoms with Gasteiger partial charge in [-0.15, -0.1) is 5.10 Å². The number of rotatable bonds is 4. The van der Waals surface area contributed by atoms with Crippen LogP contribution in [0.3, 0.4) is 0 Å². The first-order valence-corrected chi connectivity index (χ1v) is 9.78. The van der Waals surface area contributed by atoms with Crippen LogP contribution in [-0.4, -0.2) is 38.4 Å². The Morgan fingerprint density at radius 2 is 2.00 bits per heavy atom. The van der Waals surface area contributed by atoms with Gasteiger partial charge in [-0.3, -0.25) is 9.69 Å². The molecule has 0 spiro atoms. The minimum atomic E-state index is -0.408. The molecule has 150 valence electrons. The molecule has 0 bridgehead atoms. The molecule has 0 unspecified atom stereocenters. The summed E-state index contributed by atoms with van der Waals surface area (Å²) in [4.78, 5) is 15.1. The van der Waals surface area contributed by atoms with E-state index in [9.17, 15) is 9.18 Å². The molecule has 1 aliphatic rings. The fourth-order valence-electron chi connectivity index (χ4n) is 3.77. The highest BCUT2D eigenvalue weighted by Crippen LogP contribution is 2.27. The molecular weight excluding hydrogens is 369 g/mol. The van der Waals surface area contributed by atoms with E-state index in [-0.39, 0.29) is 5.69 Å². The molecule has 1 amide bonds. The molecule has 3 aromatic rings. The van der Waals surface area contributed by atoms with Gasteiger partial charge in [-0.05, 0) is 62.6 Å². The van der Waals surface area contributed by atoms with Crippen molar-refractivity contribution in [3.05, 3.63) is 70.8 Å². The molecule has 2 aromatic carbocycles. The summed E-state index contributed by atoms with van der Waals surface area (Å²) in [5, 5.41) is 11.0. The Bertz CT molecular complexity index is 1060. The van der Waals surface area contributed by atoms with Crippen molar-refractivity contribution in [2.45, 2.75) is 39.8 Å². The molecule has 29 heavy (non-hydrogen) atoms. The van der Waals surface area contributed by atoms with Gasteiger partial charge in [-0.1, -0.05) is 23.4 Å². The van der Waals surface area contributed by atoms with Crippen LogP contribution in [0.2, 0.25) is 0 Å². The van der Waals surface area contributed by atoms with Crippen LogP contribution in [0.15, 0.2) is 42.5 Å². The van der Waals surface area contributed by atoms with Gasteiger partial charge in [-0.2, -0.15) is 0 Å². The molecule has 1 N–H and O–H groups in total. The largest absolute Gasteiger partial charge is 0.320 e. The third-order valence-electron chi connectivity index (χ3n) is 5.42. The number of hydrogen-bond acceptors (Lipinski definition) is 4. The van der Waals surface area contributed by atoms with E-state index in [0.29, 0.717) is 17.4 Å². The number of amides is 1. The van der Waals surface area contributed by atoms with Crippen molar-refractivity contribution in [2.24, 2.45) is 0 Å². The zero-order valence-electron chi connectivity index (χ0n) is 16.8. The summed E-state index contributed by atoms with van der Waals surface area (Å²) in [6.07, 6.45) is 0.924. The summed E-state index contributed by atoms with van der Waals surface area (Å²) >= 11 is 0. The van der Waals surface area contributed by atoms with E-state index >= 15 is 0 Å². The Morgan fingerprint density at radius 1 is 1.21 bits per heavy atom. The van der Waals surface area contributed by atoms with E-state index in [1.807, 2.05) is 19.1 Å². The van der Waals surface area contributed by atoms with E-state index in [1.165, 1.54) is 23.3 Å². The molecule has 0 aliphatic carbocycles. The number of anilines is 1. The van der Waals surface area contributed by atoms with Crippen LogP contribution in [0.25, 0.3) is 5.69 Å². The third-order valence-corrected chi connectivity index (χ3v) is 5.42. The number of fused-ring (bicyclic) bond motifs is 1. The lowest BCUT2D eigenvalue weighted by Crippen LogP contribution is -2.36. The monoisotopic (exact) mass is 393 g/mol. The Morgan fingerprint density at radius 3 is 2.76 bits per heavy atom. The van der Waals surface area contributed by atoms with Gasteiger partial charge in [0.25, 0.3) is 5.91 Å². The van der Waals surface area contributed by atoms with Crippen molar-refractivity contribution in [3.63, 3.8) is 0 Å². The Labute approximate surface area is 169 Å². The second kappa shape index (κ2) is 7.75. The molecule has 0 fully saturated rings. The quantitative estimate of drug-likeness (QED) is 0.734. The van der Waals surface area contributed by atoms with Crippen LogP contribution in [0.1, 0.15) is 41.2 Å². The van der Waals surface area contributed by atoms with Crippen LogP contribution in [0, 0.1) is 12.7 Å². The number of benzene rings is 2. The summed E-state index contributed by atoms with van der Waals surface area (Å²) < 4.78 is 15.1. The highest BCUT2D eigenvalue weighted by molar-refractivity contribution is 6.03. The van der Waals surface area contributed by atoms with Crippen LogP contribution in [0.4, 0.5) is 10.1 Å². The average Bonchev–Trinajstić information content (AvgIpc) is 3.08. The lowest BCUT2D eigenvalue weighted by molar-refractivity contribution is 0.102. The van der Waals surface area contributed by atoms with Crippen LogP contribution in [-0.2, 0) is 13.0 Å². The maximum absolute atomic E-state index is 13.4. The molecule has 1 aliphatic heterocycles. The highest BCUT2D eigenvalue weighted by atomic mass is 19.1. The van der Waals surface area contributed by atoms with Gasteiger partial charge in [0.15, 0.2) is 5.69 Å². The molecule has 6 nitrogen and oxygen atoms in total. The predicted molar refractivity (Wildman–Crippen MR) is 110 cm³/mol. The first-order valence-electron chi connectivity index (χ1n) is 9.78. The molecule has 0 radical (unpaired) electrons. The van der Waals surface area contributed by atoms with E-state index in [0.717, 1.165) is 25.2 Å². The van der Waals surface area contributed by atoms with Crippen molar-refractivity contribution in [1.82, 2.24) is 19.9 Å². The van der Waals surface area contributed by atoms with Crippen molar-refractivity contribution in [3.8, 4) is 5.69 Å². The summed E-state index contributed by atoms with van der Waals surface area (Å²) in [5.74, 6) is -0.815. The number of hydrogen-bond donors (Lipinski definition) is 1. The van der Waals surface area contributed by atoms with E-state index < -0.39 is 11.7 Å². The maximum atomic E-state index is 13.4. The lowest BCUT2D eigenvalue weighted by atomic mass is 9.97. The first kappa shape index (κ1) is 19.3. The smallest absolute Gasteiger partial charge is 0.278 e. The normalized spacial score (nSPS) is 14.1. The van der Waals surface area contributed by atoms with Gasteiger partial charge in [-0.25, -0.2) is 9.07 Å². The van der Waals surface area contributed by atoms with Crippen LogP contribution < -0.4 is 5.32 Å². The zero-order valence-corrected chi connectivity index (χ0v) is 16.8. The van der Waals surface area contributed by atoms with E-state index in [4.69, 9.17) is 0 Å². The van der Waals surface area contributed by atoms with Gasteiger partial charge in [0.1, 0.15) is 5.82 Å². The van der Waals surface area contributed by atoms with Gasteiger partial charge in [0.2, 0.25) is 0 Å². The second-order valence-electron chi connectivity index (χ2n) is 7.63. The van der Waals surface area contributed by atoms with Crippen LogP contribution >= 0.6 is 0 Å². The van der Waals surface area contributed by atoms with Crippen molar-refractivity contribution < 1.29 is 9.18 Å². The fourth-order valence-corrected chi connectivity index (χ4v) is 3.77. The Balaban J connectivity index is 1.63. The van der Waals surface area contributed by atoms with Crippen molar-refractivity contribution >= 4 is 11.6 Å². The second-order valence-corrected chi connectivity index (χ2v) is 7.63. The lowest BCUT2D eigenvalue weighted by Gasteiger charge is -2.32. The van der Waals surface area contributed by atoms with Crippen molar-refractivity contribution in [2.75, 3.05) is 11.9 Å². The molecule has 0 atom stereocenters. The maximum Gasteiger partial charge on any atom is 0.278 e. The Hall–Kier alpha value is -3.06. The van der Waals surface area contributed by atoms with Gasteiger partial charge < -0.3 is 5.32 Å². The van der Waals surface area contributed by atoms with Crippen molar-refractivity contribution in [1.29, 1.82) is 0 Å². The number of nitrogens with zero attached hydrogens (tertiary/aromatic N) is 4. The topological polar surface area (TPSA) is 63.1 Å². The first-order chi connectivity index (χ1) is 13.9. The predicted octanol–water partition coefficient (Wildman–Crippen LogP) is 3.73. The molecular formula is C22H24FN5O. The number of halogens is 1. The minimum absolute atomic E-state index is 0.228. The van der Waals surface area contributed by atoms with Gasteiger partial charge in [0.05, 0.1) is 11.4 Å². The standard InChI is InChI=1S/C22H24FN5O/c1-14(2)27-11-10-19-16(13-27)6-4-9-20(19)28-15(3)21(25-26-28)22(29)24-18-8-5-7-17(23)12-18/h4-9,12,14H,10-11,13H2,1-3H3,(H,24,29). The van der Waals surface area contributed by atoms with Crippen LogP contribution in [0.5, 0.6) is 0 Å². The fraction of sp³-hybridized carbons (Fsp3) is 0.318. The number of carbonyl (C=O) groups is 1. The zero-order chi connectivity index (χ0) is 20.5. The Kier molecular flexibility index (Phi) is 5.15. The number of aromatic nitrogens is 3. The van der Waals surface area contributed by atoms with E-state index in [2.05, 4.69) is 40.4 Å². The average molecular weight is 393 g/mol. The molecule has 0 saturated carbocycles. The third kappa shape index (κ3) is 3.78.